The molecular formula is C14H20N2O4S2. The summed E-state index contributed by atoms with van der Waals surface area (Å²) in [7, 11) is 0. The van der Waals surface area contributed by atoms with Crippen LogP contribution in [0, 0.1) is 0 Å². The van der Waals surface area contributed by atoms with E-state index in [2.05, 4.69) is 10.3 Å². The predicted molar refractivity (Wildman–Crippen MR) is 86.9 cm³/mol. The summed E-state index contributed by atoms with van der Waals surface area (Å²) in [5, 5.41) is 2.69. The van der Waals surface area contributed by atoms with E-state index in [0.29, 0.717) is 30.3 Å². The van der Waals surface area contributed by atoms with Crippen LogP contribution in [0.2, 0.25) is 0 Å². The number of rotatable bonds is 7. The van der Waals surface area contributed by atoms with E-state index in [1.165, 1.54) is 23.1 Å². The third-order valence-corrected chi connectivity index (χ3v) is 5.31. The van der Waals surface area contributed by atoms with Crippen molar-refractivity contribution >= 4 is 40.6 Å². The average molecular weight is 344 g/mol. The summed E-state index contributed by atoms with van der Waals surface area (Å²) in [6.45, 7) is 3.10. The Morgan fingerprint density at radius 3 is 2.82 bits per heavy atom. The number of ketones is 1. The van der Waals surface area contributed by atoms with Crippen LogP contribution in [0.5, 0.6) is 0 Å². The molecule has 1 aliphatic rings. The van der Waals surface area contributed by atoms with Gasteiger partial charge in [0.15, 0.2) is 15.9 Å². The molecular weight excluding hydrogens is 324 g/mol. The first-order valence-corrected chi connectivity index (χ1v) is 9.25. The van der Waals surface area contributed by atoms with Gasteiger partial charge in [-0.2, -0.15) is 0 Å². The number of carbonyl (C=O) groups is 2. The van der Waals surface area contributed by atoms with Crippen molar-refractivity contribution in [1.29, 1.82) is 0 Å². The fourth-order valence-electron chi connectivity index (χ4n) is 2.03. The zero-order valence-electron chi connectivity index (χ0n) is 12.7. The van der Waals surface area contributed by atoms with Gasteiger partial charge in [0.2, 0.25) is 0 Å². The maximum atomic E-state index is 12.0. The number of hydrogen-bond acceptors (Lipinski definition) is 7. The Kier molecular flexibility index (Phi) is 6.81. The summed E-state index contributed by atoms with van der Waals surface area (Å²) >= 11 is 2.76. The highest BCUT2D eigenvalue weighted by Gasteiger charge is 2.20. The van der Waals surface area contributed by atoms with Crippen LogP contribution < -0.4 is 5.32 Å². The molecule has 1 amide bonds. The van der Waals surface area contributed by atoms with Crippen LogP contribution in [0.3, 0.4) is 0 Å². The van der Waals surface area contributed by atoms with Gasteiger partial charge in [0.25, 0.3) is 5.91 Å². The van der Waals surface area contributed by atoms with Crippen molar-refractivity contribution in [3.8, 4) is 0 Å². The number of nitrogens with one attached hydrogen (secondary N) is 1. The van der Waals surface area contributed by atoms with Crippen molar-refractivity contribution in [2.75, 3.05) is 31.4 Å². The second kappa shape index (κ2) is 8.61. The van der Waals surface area contributed by atoms with Gasteiger partial charge in [-0.1, -0.05) is 18.7 Å². The highest BCUT2D eigenvalue weighted by molar-refractivity contribution is 8.00. The van der Waals surface area contributed by atoms with Gasteiger partial charge < -0.3 is 14.8 Å². The Morgan fingerprint density at radius 2 is 2.18 bits per heavy atom. The highest BCUT2D eigenvalue weighted by atomic mass is 32.2. The van der Waals surface area contributed by atoms with Crippen LogP contribution in [0.25, 0.3) is 0 Å². The van der Waals surface area contributed by atoms with Crippen molar-refractivity contribution in [2.24, 2.45) is 0 Å². The van der Waals surface area contributed by atoms with Crippen molar-refractivity contribution in [3.63, 3.8) is 0 Å². The van der Waals surface area contributed by atoms with Gasteiger partial charge in [-0.05, 0) is 19.1 Å². The molecule has 8 heteroatoms. The van der Waals surface area contributed by atoms with E-state index in [0.717, 1.165) is 17.2 Å². The predicted octanol–water partition coefficient (Wildman–Crippen LogP) is 2.59. The van der Waals surface area contributed by atoms with Gasteiger partial charge in [0.1, 0.15) is 11.5 Å². The van der Waals surface area contributed by atoms with Gasteiger partial charge >= 0.3 is 0 Å². The van der Waals surface area contributed by atoms with E-state index in [9.17, 15) is 9.59 Å². The zero-order valence-corrected chi connectivity index (χ0v) is 14.3. The Hall–Kier alpha value is -0.960. The first-order valence-electron chi connectivity index (χ1n) is 7.21. The van der Waals surface area contributed by atoms with E-state index in [1.54, 1.807) is 6.92 Å². The molecule has 6 nitrogen and oxygen atoms in total. The lowest BCUT2D eigenvalue weighted by Crippen LogP contribution is -2.28. The third-order valence-electron chi connectivity index (χ3n) is 3.23. The summed E-state index contributed by atoms with van der Waals surface area (Å²) in [6, 6.07) is 0. The standard InChI is InChI=1S/C14H20N2O4S2/c1-3-10(17)12-13(16-14(21-2)22-12)15-11(18)8-20-9-4-6-19-7-5-9/h9H,3-8H2,1-2H3,(H,15,18). The van der Waals surface area contributed by atoms with Gasteiger partial charge in [-0.3, -0.25) is 9.59 Å². The van der Waals surface area contributed by atoms with E-state index < -0.39 is 0 Å². The maximum absolute atomic E-state index is 12.0. The first-order chi connectivity index (χ1) is 10.6. The zero-order chi connectivity index (χ0) is 15.9. The molecule has 0 radical (unpaired) electrons. The molecule has 2 heterocycles. The topological polar surface area (TPSA) is 77.5 Å². The van der Waals surface area contributed by atoms with Gasteiger partial charge in [0.05, 0.1) is 6.10 Å². The number of anilines is 1. The van der Waals surface area contributed by atoms with Gasteiger partial charge in [-0.15, -0.1) is 11.3 Å². The van der Waals surface area contributed by atoms with Crippen LogP contribution in [-0.2, 0) is 14.3 Å². The molecule has 122 valence electrons. The van der Waals surface area contributed by atoms with Crippen LogP contribution in [0.15, 0.2) is 4.34 Å². The van der Waals surface area contributed by atoms with Crippen molar-refractivity contribution < 1.29 is 19.1 Å². The number of ether oxygens (including phenoxy) is 2. The molecule has 1 saturated heterocycles. The number of nitrogens with zero attached hydrogens (tertiary/aromatic N) is 1. The summed E-state index contributed by atoms with van der Waals surface area (Å²) in [6.07, 6.45) is 3.95. The Labute approximate surface area is 138 Å². The molecule has 22 heavy (non-hydrogen) atoms. The maximum Gasteiger partial charge on any atom is 0.251 e. The first kappa shape index (κ1) is 17.4. The number of Topliss-reactive ketones (excluding diaryl/α,β-unsaturated/α-hetero) is 1. The molecule has 0 saturated carbocycles. The molecule has 0 aromatic carbocycles. The summed E-state index contributed by atoms with van der Waals surface area (Å²) in [4.78, 5) is 28.7. The lowest BCUT2D eigenvalue weighted by atomic mass is 10.2. The normalized spacial score (nSPS) is 15.7. The molecule has 0 unspecified atom stereocenters. The van der Waals surface area contributed by atoms with E-state index in [1.807, 2.05) is 6.26 Å². The number of amides is 1. The van der Waals surface area contributed by atoms with Gasteiger partial charge in [0, 0.05) is 19.6 Å². The largest absolute Gasteiger partial charge is 0.381 e. The lowest BCUT2D eigenvalue weighted by Gasteiger charge is -2.21. The minimum atomic E-state index is -0.283. The quantitative estimate of drug-likeness (QED) is 0.605. The number of thiazole rings is 1. The monoisotopic (exact) mass is 344 g/mol. The molecule has 2 rings (SSSR count). The van der Waals surface area contributed by atoms with Crippen LogP contribution in [0.1, 0.15) is 35.9 Å². The van der Waals surface area contributed by atoms with Crippen molar-refractivity contribution in [3.05, 3.63) is 4.88 Å². The van der Waals surface area contributed by atoms with E-state index in [-0.39, 0.29) is 24.4 Å². The molecule has 1 aromatic rings. The fourth-order valence-corrected chi connectivity index (χ4v) is 3.56. The molecule has 0 aliphatic carbocycles. The Bertz CT molecular complexity index is 527. The second-order valence-electron chi connectivity index (χ2n) is 4.81. The molecule has 0 atom stereocenters. The average Bonchev–Trinajstić information content (AvgIpc) is 2.96. The summed E-state index contributed by atoms with van der Waals surface area (Å²) in [5.74, 6) is 0.0508. The molecule has 1 N–H and O–H groups in total. The third kappa shape index (κ3) is 4.77. The molecule has 1 fully saturated rings. The minimum absolute atomic E-state index is 0.0153. The molecule has 0 bridgehead atoms. The Morgan fingerprint density at radius 1 is 1.45 bits per heavy atom. The number of carbonyl (C=O) groups excluding carboxylic acids is 2. The molecule has 1 aliphatic heterocycles. The molecule has 0 spiro atoms. The summed E-state index contributed by atoms with van der Waals surface area (Å²) in [5.41, 5.74) is 0. The SMILES string of the molecule is CCC(=O)c1sc(SC)nc1NC(=O)COC1CCOCC1. The fraction of sp³-hybridized carbons (Fsp3) is 0.643. The van der Waals surface area contributed by atoms with Gasteiger partial charge in [-0.25, -0.2) is 4.98 Å². The minimum Gasteiger partial charge on any atom is -0.381 e. The van der Waals surface area contributed by atoms with Crippen molar-refractivity contribution in [2.45, 2.75) is 36.6 Å². The van der Waals surface area contributed by atoms with E-state index in [4.69, 9.17) is 9.47 Å². The lowest BCUT2D eigenvalue weighted by molar-refractivity contribution is -0.124. The smallest absolute Gasteiger partial charge is 0.251 e. The van der Waals surface area contributed by atoms with Crippen LogP contribution in [-0.4, -0.2) is 48.9 Å². The van der Waals surface area contributed by atoms with Crippen molar-refractivity contribution in [1.82, 2.24) is 4.98 Å². The Balaban J connectivity index is 1.92. The second-order valence-corrected chi connectivity index (χ2v) is 6.86. The number of thioether (sulfide) groups is 1. The number of hydrogen-bond donors (Lipinski definition) is 1. The molecule has 1 aromatic heterocycles. The highest BCUT2D eigenvalue weighted by Crippen LogP contribution is 2.30. The summed E-state index contributed by atoms with van der Waals surface area (Å²) < 4.78 is 11.6. The van der Waals surface area contributed by atoms with Crippen LogP contribution in [0.4, 0.5) is 5.82 Å². The van der Waals surface area contributed by atoms with Crippen LogP contribution >= 0.6 is 23.1 Å². The number of aromatic nitrogens is 1. The van der Waals surface area contributed by atoms with E-state index >= 15 is 0 Å².